The molecule has 0 atom stereocenters. The van der Waals surface area contributed by atoms with E-state index in [1.54, 1.807) is 4.90 Å². The minimum Gasteiger partial charge on any atom is -0.494 e. The maximum Gasteiger partial charge on any atom is 0.303 e. The number of para-hydroxylation sites is 1. The Bertz CT molecular complexity index is 1330. The normalized spacial score (nSPS) is 14.5. The third-order valence-corrected chi connectivity index (χ3v) is 7.32. The molecule has 0 unspecified atom stereocenters. The zero-order valence-electron chi connectivity index (χ0n) is 20.8. The van der Waals surface area contributed by atoms with Crippen LogP contribution in [-0.4, -0.2) is 49.1 Å². The summed E-state index contributed by atoms with van der Waals surface area (Å²) in [5.74, 6) is -0.0999. The predicted molar refractivity (Wildman–Crippen MR) is 151 cm³/mol. The second kappa shape index (κ2) is 12.2. The zero-order valence-corrected chi connectivity index (χ0v) is 22.5. The number of hydrogen-bond donors (Lipinski definition) is 1. The van der Waals surface area contributed by atoms with Gasteiger partial charge in [0.25, 0.3) is 5.91 Å². The summed E-state index contributed by atoms with van der Waals surface area (Å²) in [6.45, 7) is 5.04. The number of aromatic nitrogens is 2. The molecule has 7 nitrogen and oxygen atoms in total. The molecule has 1 N–H and O–H groups in total. The van der Waals surface area contributed by atoms with Crippen molar-refractivity contribution in [2.45, 2.75) is 39.5 Å². The Kier molecular flexibility index (Phi) is 8.78. The number of benzene rings is 2. The Morgan fingerprint density at radius 2 is 1.95 bits per heavy atom. The first-order valence-corrected chi connectivity index (χ1v) is 13.5. The standard InChI is InChI=1S/C28H29N3O4S2/c1-3-35-23-14-13-20(16-19(23)2)26-21(18-31(29-26)22-10-6-4-7-11-22)17-24-27(34)30(28(36)37-24)15-9-5-8-12-25(32)33/h4,6-7,10-11,13-14,16-18H,3,5,8-9,12,15H2,1-2H3,(H,32,33)/b24-17+. The van der Waals surface area contributed by atoms with Gasteiger partial charge >= 0.3 is 5.97 Å². The predicted octanol–water partition coefficient (Wildman–Crippen LogP) is 6.09. The lowest BCUT2D eigenvalue weighted by Gasteiger charge is -2.13. The highest BCUT2D eigenvalue weighted by molar-refractivity contribution is 8.26. The van der Waals surface area contributed by atoms with Crippen molar-refractivity contribution in [2.24, 2.45) is 0 Å². The summed E-state index contributed by atoms with van der Waals surface area (Å²) in [5.41, 5.74) is 4.42. The number of amides is 1. The van der Waals surface area contributed by atoms with Crippen molar-refractivity contribution < 1.29 is 19.4 Å². The summed E-state index contributed by atoms with van der Waals surface area (Å²) in [7, 11) is 0. The number of carboxylic acid groups (broad SMARTS) is 1. The second-order valence-electron chi connectivity index (χ2n) is 8.66. The van der Waals surface area contributed by atoms with Gasteiger partial charge in [-0.3, -0.25) is 14.5 Å². The summed E-state index contributed by atoms with van der Waals surface area (Å²) < 4.78 is 8.03. The fourth-order valence-corrected chi connectivity index (χ4v) is 5.40. The van der Waals surface area contributed by atoms with Gasteiger partial charge in [-0.15, -0.1) is 0 Å². The van der Waals surface area contributed by atoms with Crippen molar-refractivity contribution in [1.29, 1.82) is 0 Å². The van der Waals surface area contributed by atoms with Crippen LogP contribution in [0.2, 0.25) is 0 Å². The van der Waals surface area contributed by atoms with Gasteiger partial charge in [0.15, 0.2) is 0 Å². The largest absolute Gasteiger partial charge is 0.494 e. The van der Waals surface area contributed by atoms with Crippen molar-refractivity contribution in [3.05, 3.63) is 70.8 Å². The molecule has 1 saturated heterocycles. The molecule has 1 aliphatic heterocycles. The number of thiocarbonyl (C=S) groups is 1. The number of hydrogen-bond acceptors (Lipinski definition) is 6. The number of ether oxygens (including phenoxy) is 1. The summed E-state index contributed by atoms with van der Waals surface area (Å²) in [6.07, 6.45) is 5.94. The number of carboxylic acids is 1. The van der Waals surface area contributed by atoms with E-state index in [4.69, 9.17) is 27.2 Å². The fourth-order valence-electron chi connectivity index (χ4n) is 4.10. The van der Waals surface area contributed by atoms with Gasteiger partial charge in [-0.1, -0.05) is 48.6 Å². The molecule has 2 heterocycles. The zero-order chi connectivity index (χ0) is 26.4. The molecule has 0 radical (unpaired) electrons. The van der Waals surface area contributed by atoms with Crippen LogP contribution in [-0.2, 0) is 9.59 Å². The number of rotatable bonds is 11. The first-order chi connectivity index (χ1) is 17.9. The van der Waals surface area contributed by atoms with Crippen LogP contribution >= 0.6 is 24.0 Å². The minimum atomic E-state index is -0.803. The Labute approximate surface area is 226 Å². The molecule has 0 aliphatic carbocycles. The van der Waals surface area contributed by atoms with Gasteiger partial charge in [0.05, 0.1) is 17.2 Å². The average molecular weight is 536 g/mol. The molecule has 4 rings (SSSR count). The van der Waals surface area contributed by atoms with E-state index in [2.05, 4.69) is 0 Å². The van der Waals surface area contributed by atoms with E-state index in [9.17, 15) is 9.59 Å². The lowest BCUT2D eigenvalue weighted by molar-refractivity contribution is -0.137. The van der Waals surface area contributed by atoms with E-state index < -0.39 is 5.97 Å². The summed E-state index contributed by atoms with van der Waals surface area (Å²) in [6, 6.07) is 15.8. The molecule has 0 bridgehead atoms. The summed E-state index contributed by atoms with van der Waals surface area (Å²) in [4.78, 5) is 26.1. The average Bonchev–Trinajstić information content (AvgIpc) is 3.41. The smallest absolute Gasteiger partial charge is 0.303 e. The van der Waals surface area contributed by atoms with Crippen LogP contribution in [0.3, 0.4) is 0 Å². The van der Waals surface area contributed by atoms with Crippen molar-refractivity contribution in [2.75, 3.05) is 13.2 Å². The van der Waals surface area contributed by atoms with Gasteiger partial charge < -0.3 is 9.84 Å². The summed E-state index contributed by atoms with van der Waals surface area (Å²) >= 11 is 6.78. The van der Waals surface area contributed by atoms with Crippen LogP contribution < -0.4 is 4.74 Å². The highest BCUT2D eigenvalue weighted by atomic mass is 32.2. The van der Waals surface area contributed by atoms with Crippen LogP contribution in [0.4, 0.5) is 0 Å². The van der Waals surface area contributed by atoms with Crippen molar-refractivity contribution in [1.82, 2.24) is 14.7 Å². The van der Waals surface area contributed by atoms with E-state index in [0.29, 0.717) is 35.2 Å². The summed E-state index contributed by atoms with van der Waals surface area (Å²) in [5, 5.41) is 13.7. The van der Waals surface area contributed by atoms with Gasteiger partial charge in [0.1, 0.15) is 15.8 Å². The Morgan fingerprint density at radius 3 is 2.65 bits per heavy atom. The molecule has 9 heteroatoms. The number of nitrogens with zero attached hydrogens (tertiary/aromatic N) is 3. The molecule has 0 saturated carbocycles. The molecular formula is C28H29N3O4S2. The van der Waals surface area contributed by atoms with Gasteiger partial charge in [-0.2, -0.15) is 5.10 Å². The van der Waals surface area contributed by atoms with Gasteiger partial charge in [0, 0.05) is 30.3 Å². The van der Waals surface area contributed by atoms with Crippen molar-refractivity contribution >= 4 is 46.3 Å². The number of aryl methyl sites for hydroxylation is 1. The monoisotopic (exact) mass is 535 g/mol. The van der Waals surface area contributed by atoms with Crippen molar-refractivity contribution in [3.63, 3.8) is 0 Å². The molecule has 1 aromatic heterocycles. The quantitative estimate of drug-likeness (QED) is 0.181. The fraction of sp³-hybridized carbons (Fsp3) is 0.286. The van der Waals surface area contributed by atoms with Gasteiger partial charge in [0.2, 0.25) is 0 Å². The maximum absolute atomic E-state index is 13.2. The Morgan fingerprint density at radius 1 is 1.16 bits per heavy atom. The molecule has 3 aromatic rings. The Balaban J connectivity index is 1.62. The number of carbonyl (C=O) groups excluding carboxylic acids is 1. The molecule has 37 heavy (non-hydrogen) atoms. The lowest BCUT2D eigenvalue weighted by atomic mass is 10.0. The molecule has 1 fully saturated rings. The van der Waals surface area contributed by atoms with Gasteiger partial charge in [-0.05, 0) is 68.7 Å². The maximum atomic E-state index is 13.2. The molecule has 1 amide bonds. The van der Waals surface area contributed by atoms with E-state index in [1.165, 1.54) is 11.8 Å². The molecule has 2 aromatic carbocycles. The van der Waals surface area contributed by atoms with E-state index in [-0.39, 0.29) is 12.3 Å². The molecule has 192 valence electrons. The third kappa shape index (κ3) is 6.47. The van der Waals surface area contributed by atoms with E-state index in [1.807, 2.05) is 79.3 Å². The van der Waals surface area contributed by atoms with Crippen molar-refractivity contribution in [3.8, 4) is 22.7 Å². The second-order valence-corrected chi connectivity index (χ2v) is 10.3. The number of carbonyl (C=O) groups is 2. The molecule has 1 aliphatic rings. The lowest BCUT2D eigenvalue weighted by Crippen LogP contribution is -2.29. The topological polar surface area (TPSA) is 84.7 Å². The van der Waals surface area contributed by atoms with Crippen LogP contribution in [0.25, 0.3) is 23.0 Å². The SMILES string of the molecule is CCOc1ccc(-c2nn(-c3ccccc3)cc2/C=C2/SC(=S)N(CCCCCC(=O)O)C2=O)cc1C. The van der Waals surface area contributed by atoms with E-state index in [0.717, 1.165) is 40.2 Å². The highest BCUT2D eigenvalue weighted by Crippen LogP contribution is 2.36. The number of thioether (sulfide) groups is 1. The first kappa shape index (κ1) is 26.6. The Hall–Kier alpha value is -3.43. The van der Waals surface area contributed by atoms with Crippen LogP contribution in [0.5, 0.6) is 5.75 Å². The minimum absolute atomic E-state index is 0.130. The first-order valence-electron chi connectivity index (χ1n) is 12.2. The molecule has 0 spiro atoms. The van der Waals surface area contributed by atoms with E-state index >= 15 is 0 Å². The van der Waals surface area contributed by atoms with Crippen LogP contribution in [0.15, 0.2) is 59.6 Å². The highest BCUT2D eigenvalue weighted by Gasteiger charge is 2.32. The van der Waals surface area contributed by atoms with Gasteiger partial charge in [-0.25, -0.2) is 4.68 Å². The number of aliphatic carboxylic acids is 1. The molecular weight excluding hydrogens is 506 g/mol. The number of unbranched alkanes of at least 4 members (excludes halogenated alkanes) is 2. The van der Waals surface area contributed by atoms with Crippen LogP contribution in [0.1, 0.15) is 43.7 Å². The third-order valence-electron chi connectivity index (χ3n) is 5.94. The van der Waals surface area contributed by atoms with Crippen LogP contribution in [0, 0.1) is 6.92 Å².